The van der Waals surface area contributed by atoms with Gasteiger partial charge in [-0.3, -0.25) is 15.0 Å². The molecular weight excluding hydrogens is 272 g/mol. The molecule has 21 heavy (non-hydrogen) atoms. The largest absolute Gasteiger partial charge is 0.490 e. The smallest absolute Gasteiger partial charge is 0.311 e. The third-order valence-electron chi connectivity index (χ3n) is 3.73. The number of likely N-dealkylation sites (N-methyl/N-ethyl adjacent to an activating group) is 1. The first-order valence-corrected chi connectivity index (χ1v) is 7.07. The van der Waals surface area contributed by atoms with E-state index in [0.717, 1.165) is 45.0 Å². The molecule has 0 unspecified atom stereocenters. The third-order valence-corrected chi connectivity index (χ3v) is 3.73. The average Bonchev–Trinajstić information content (AvgIpc) is 2.49. The summed E-state index contributed by atoms with van der Waals surface area (Å²) in [5.74, 6) is 0.282. The SMILES string of the molecule is COc1cc(NCCN2CCN(C)CC2)ccc1[N+](=O)[O-]. The zero-order valence-electron chi connectivity index (χ0n) is 12.5. The van der Waals surface area contributed by atoms with E-state index in [4.69, 9.17) is 4.74 Å². The third kappa shape index (κ3) is 4.30. The molecule has 0 atom stereocenters. The molecule has 0 spiro atoms. The minimum absolute atomic E-state index is 0.0119. The molecule has 1 aliphatic rings. The van der Waals surface area contributed by atoms with Crippen molar-refractivity contribution in [2.24, 2.45) is 0 Å². The van der Waals surface area contributed by atoms with Crippen LogP contribution >= 0.6 is 0 Å². The number of rotatable bonds is 6. The molecule has 2 rings (SSSR count). The average molecular weight is 294 g/mol. The first-order chi connectivity index (χ1) is 10.1. The molecule has 1 aromatic carbocycles. The summed E-state index contributed by atoms with van der Waals surface area (Å²) in [6.45, 7) is 6.15. The van der Waals surface area contributed by atoms with Crippen LogP contribution in [-0.4, -0.2) is 68.1 Å². The number of ether oxygens (including phenoxy) is 1. The Morgan fingerprint density at radius 3 is 2.67 bits per heavy atom. The topological polar surface area (TPSA) is 70.9 Å². The van der Waals surface area contributed by atoms with Gasteiger partial charge in [0.2, 0.25) is 0 Å². The Balaban J connectivity index is 1.84. The van der Waals surface area contributed by atoms with Crippen LogP contribution in [0.1, 0.15) is 0 Å². The second-order valence-corrected chi connectivity index (χ2v) is 5.22. The first kappa shape index (κ1) is 15.5. The molecule has 116 valence electrons. The van der Waals surface area contributed by atoms with Gasteiger partial charge in [0.25, 0.3) is 0 Å². The molecule has 0 aromatic heterocycles. The summed E-state index contributed by atoms with van der Waals surface area (Å²) in [7, 11) is 3.58. The van der Waals surface area contributed by atoms with Crippen molar-refractivity contribution in [2.75, 3.05) is 58.7 Å². The van der Waals surface area contributed by atoms with Crippen molar-refractivity contribution in [2.45, 2.75) is 0 Å². The number of nitrogens with zero attached hydrogens (tertiary/aromatic N) is 3. The second-order valence-electron chi connectivity index (χ2n) is 5.22. The van der Waals surface area contributed by atoms with E-state index >= 15 is 0 Å². The van der Waals surface area contributed by atoms with Gasteiger partial charge in [-0.05, 0) is 13.1 Å². The van der Waals surface area contributed by atoms with Gasteiger partial charge in [-0.2, -0.15) is 0 Å². The summed E-state index contributed by atoms with van der Waals surface area (Å²) >= 11 is 0. The minimum Gasteiger partial charge on any atom is -0.490 e. The standard InChI is InChI=1S/C14H22N4O3/c1-16-7-9-17(10-8-16)6-5-15-12-3-4-13(18(19)20)14(11-12)21-2/h3-4,11,15H,5-10H2,1-2H3. The maximum atomic E-state index is 10.8. The molecule has 1 saturated heterocycles. The molecule has 0 radical (unpaired) electrons. The van der Waals surface area contributed by atoms with E-state index in [-0.39, 0.29) is 11.4 Å². The number of methoxy groups -OCH3 is 1. The zero-order chi connectivity index (χ0) is 15.2. The van der Waals surface area contributed by atoms with E-state index in [9.17, 15) is 10.1 Å². The molecule has 1 heterocycles. The number of hydrogen-bond donors (Lipinski definition) is 1. The number of benzene rings is 1. The number of nitro benzene ring substituents is 1. The van der Waals surface area contributed by atoms with Gasteiger partial charge in [0.15, 0.2) is 5.75 Å². The summed E-state index contributed by atoms with van der Waals surface area (Å²) in [4.78, 5) is 15.1. The fraction of sp³-hybridized carbons (Fsp3) is 0.571. The summed E-state index contributed by atoms with van der Waals surface area (Å²) in [6.07, 6.45) is 0. The molecule has 1 N–H and O–H groups in total. The van der Waals surface area contributed by atoms with Crippen LogP contribution < -0.4 is 10.1 Å². The van der Waals surface area contributed by atoms with Gasteiger partial charge in [-0.25, -0.2) is 0 Å². The fourth-order valence-electron chi connectivity index (χ4n) is 2.37. The van der Waals surface area contributed by atoms with Crippen LogP contribution in [0, 0.1) is 10.1 Å². The van der Waals surface area contributed by atoms with Crippen molar-refractivity contribution in [3.05, 3.63) is 28.3 Å². The molecule has 0 amide bonds. The predicted molar refractivity (Wildman–Crippen MR) is 82.1 cm³/mol. The highest BCUT2D eigenvalue weighted by Gasteiger charge is 2.15. The van der Waals surface area contributed by atoms with Gasteiger partial charge in [-0.15, -0.1) is 0 Å². The normalized spacial score (nSPS) is 16.7. The molecule has 0 bridgehead atoms. The summed E-state index contributed by atoms with van der Waals surface area (Å²) in [6, 6.07) is 4.85. The Bertz CT molecular complexity index is 487. The Labute approximate surface area is 124 Å². The van der Waals surface area contributed by atoms with Crippen molar-refractivity contribution in [1.29, 1.82) is 0 Å². The van der Waals surface area contributed by atoms with Crippen LogP contribution in [0.4, 0.5) is 11.4 Å². The minimum atomic E-state index is -0.438. The number of hydrogen-bond acceptors (Lipinski definition) is 6. The molecular formula is C14H22N4O3. The van der Waals surface area contributed by atoms with E-state index in [1.807, 2.05) is 0 Å². The highest BCUT2D eigenvalue weighted by molar-refractivity contribution is 5.57. The number of anilines is 1. The first-order valence-electron chi connectivity index (χ1n) is 7.07. The molecule has 1 aliphatic heterocycles. The van der Waals surface area contributed by atoms with E-state index in [1.165, 1.54) is 13.2 Å². The van der Waals surface area contributed by atoms with E-state index in [2.05, 4.69) is 22.2 Å². The van der Waals surface area contributed by atoms with E-state index < -0.39 is 4.92 Å². The molecule has 1 fully saturated rings. The summed E-state index contributed by atoms with van der Waals surface area (Å²) < 4.78 is 5.06. The molecule has 0 aliphatic carbocycles. The second kappa shape index (κ2) is 7.24. The van der Waals surface area contributed by atoms with Crippen LogP contribution in [0.25, 0.3) is 0 Å². The molecule has 0 saturated carbocycles. The lowest BCUT2D eigenvalue weighted by Gasteiger charge is -2.32. The van der Waals surface area contributed by atoms with Gasteiger partial charge in [0.05, 0.1) is 12.0 Å². The van der Waals surface area contributed by atoms with Crippen LogP contribution in [0.15, 0.2) is 18.2 Å². The quantitative estimate of drug-likeness (QED) is 0.629. The monoisotopic (exact) mass is 294 g/mol. The van der Waals surface area contributed by atoms with Crippen LogP contribution in [0.2, 0.25) is 0 Å². The van der Waals surface area contributed by atoms with E-state index in [1.54, 1.807) is 12.1 Å². The Morgan fingerprint density at radius 1 is 1.33 bits per heavy atom. The Kier molecular flexibility index (Phi) is 5.35. The van der Waals surface area contributed by atoms with Crippen molar-refractivity contribution in [1.82, 2.24) is 9.80 Å². The highest BCUT2D eigenvalue weighted by atomic mass is 16.6. The molecule has 1 aromatic rings. The lowest BCUT2D eigenvalue weighted by atomic mass is 10.2. The van der Waals surface area contributed by atoms with Gasteiger partial charge in [0, 0.05) is 57.1 Å². The van der Waals surface area contributed by atoms with Gasteiger partial charge >= 0.3 is 5.69 Å². The predicted octanol–water partition coefficient (Wildman–Crippen LogP) is 1.26. The fourth-order valence-corrected chi connectivity index (χ4v) is 2.37. The lowest BCUT2D eigenvalue weighted by Crippen LogP contribution is -2.45. The summed E-state index contributed by atoms with van der Waals surface area (Å²) in [5, 5.41) is 14.1. The van der Waals surface area contributed by atoms with Crippen LogP contribution in [-0.2, 0) is 0 Å². The Hall–Kier alpha value is -1.86. The molecule has 7 heteroatoms. The highest BCUT2D eigenvalue weighted by Crippen LogP contribution is 2.29. The molecule has 7 nitrogen and oxygen atoms in total. The lowest BCUT2D eigenvalue weighted by molar-refractivity contribution is -0.385. The van der Waals surface area contributed by atoms with Gasteiger partial charge in [0.1, 0.15) is 0 Å². The maximum Gasteiger partial charge on any atom is 0.311 e. The zero-order valence-corrected chi connectivity index (χ0v) is 12.5. The number of nitro groups is 1. The number of nitrogens with one attached hydrogen (secondary N) is 1. The van der Waals surface area contributed by atoms with Crippen LogP contribution in [0.3, 0.4) is 0 Å². The van der Waals surface area contributed by atoms with Crippen LogP contribution in [0.5, 0.6) is 5.75 Å². The maximum absolute atomic E-state index is 10.8. The van der Waals surface area contributed by atoms with Crippen molar-refractivity contribution < 1.29 is 9.66 Å². The van der Waals surface area contributed by atoms with Gasteiger partial charge in [-0.1, -0.05) is 0 Å². The number of piperazine rings is 1. The van der Waals surface area contributed by atoms with E-state index in [0.29, 0.717) is 0 Å². The van der Waals surface area contributed by atoms with Crippen molar-refractivity contribution in [3.8, 4) is 5.75 Å². The van der Waals surface area contributed by atoms with Crippen molar-refractivity contribution in [3.63, 3.8) is 0 Å². The van der Waals surface area contributed by atoms with Crippen molar-refractivity contribution >= 4 is 11.4 Å². The van der Waals surface area contributed by atoms with Gasteiger partial charge < -0.3 is 15.0 Å². The Morgan fingerprint density at radius 2 is 2.05 bits per heavy atom. The summed E-state index contributed by atoms with van der Waals surface area (Å²) in [5.41, 5.74) is 0.827.